The minimum Gasteiger partial charge on any atom is -0.324 e. The van der Waals surface area contributed by atoms with Crippen LogP contribution < -0.4 is 10.9 Å². The maximum atomic E-state index is 13.5. The quantitative estimate of drug-likeness (QED) is 0.296. The van der Waals surface area contributed by atoms with E-state index in [0.717, 1.165) is 42.2 Å². The van der Waals surface area contributed by atoms with Crippen molar-refractivity contribution in [3.8, 4) is 5.69 Å². The number of anilines is 2. The predicted octanol–water partition coefficient (Wildman–Crippen LogP) is 5.94. The Hall–Kier alpha value is -3.17. The number of hydrogen-bond donors (Lipinski definition) is 1. The molecule has 1 fully saturated rings. The molecule has 8 nitrogen and oxygen atoms in total. The van der Waals surface area contributed by atoms with Crippen molar-refractivity contribution < 1.29 is 0 Å². The lowest BCUT2D eigenvalue weighted by atomic mass is 9.89. The second-order valence-corrected chi connectivity index (χ2v) is 10.4. The van der Waals surface area contributed by atoms with Gasteiger partial charge in [0.2, 0.25) is 5.95 Å². The summed E-state index contributed by atoms with van der Waals surface area (Å²) < 4.78 is 2.97. The van der Waals surface area contributed by atoms with E-state index in [2.05, 4.69) is 38.3 Å². The fraction of sp³-hybridized carbons (Fsp3) is 0.231. The molecule has 1 N–H and O–H groups in total. The maximum absolute atomic E-state index is 13.5. The summed E-state index contributed by atoms with van der Waals surface area (Å²) in [6.45, 7) is 2.14. The number of nitrogens with zero attached hydrogens (tertiary/aromatic N) is 6. The van der Waals surface area contributed by atoms with Crippen LogP contribution in [0.2, 0.25) is 15.1 Å². The number of fused-ring (bicyclic) bond motifs is 3. The van der Waals surface area contributed by atoms with Crippen LogP contribution in [-0.2, 0) is 0 Å². The average Bonchev–Trinajstić information content (AvgIpc) is 3.36. The third-order valence-electron chi connectivity index (χ3n) is 6.82. The summed E-state index contributed by atoms with van der Waals surface area (Å²) in [4.78, 5) is 29.3. The number of aromatic nitrogens is 5. The monoisotopic (exact) mass is 553 g/mol. The van der Waals surface area contributed by atoms with Crippen LogP contribution in [-0.4, -0.2) is 49.2 Å². The van der Waals surface area contributed by atoms with Crippen LogP contribution in [0.25, 0.3) is 22.2 Å². The Balaban J connectivity index is 1.38. The summed E-state index contributed by atoms with van der Waals surface area (Å²) in [5.74, 6) is 0.783. The fourth-order valence-electron chi connectivity index (χ4n) is 4.89. The van der Waals surface area contributed by atoms with Crippen LogP contribution >= 0.6 is 34.8 Å². The minimum absolute atomic E-state index is 0.288. The number of rotatable bonds is 4. The first-order valence-electron chi connectivity index (χ1n) is 11.8. The van der Waals surface area contributed by atoms with Gasteiger partial charge < -0.3 is 10.2 Å². The number of likely N-dealkylation sites (tertiary alicyclic amines) is 1. The van der Waals surface area contributed by atoms with E-state index < -0.39 is 0 Å². The van der Waals surface area contributed by atoms with Gasteiger partial charge in [0.15, 0.2) is 5.65 Å². The Bertz CT molecular complexity index is 1690. The van der Waals surface area contributed by atoms with Gasteiger partial charge in [0, 0.05) is 29.3 Å². The van der Waals surface area contributed by atoms with Crippen molar-refractivity contribution in [1.29, 1.82) is 0 Å². The van der Waals surface area contributed by atoms with Gasteiger partial charge in [0.25, 0.3) is 5.56 Å². The van der Waals surface area contributed by atoms with Crippen molar-refractivity contribution in [2.24, 2.45) is 0 Å². The molecule has 188 valence electrons. The van der Waals surface area contributed by atoms with E-state index in [4.69, 9.17) is 34.8 Å². The highest BCUT2D eigenvalue weighted by molar-refractivity contribution is 6.37. The Labute approximate surface area is 227 Å². The Morgan fingerprint density at radius 3 is 2.49 bits per heavy atom. The molecule has 5 aromatic rings. The average molecular weight is 555 g/mol. The molecule has 0 bridgehead atoms. The van der Waals surface area contributed by atoms with Gasteiger partial charge >= 0.3 is 0 Å². The van der Waals surface area contributed by atoms with Crippen LogP contribution in [0.15, 0.2) is 59.8 Å². The summed E-state index contributed by atoms with van der Waals surface area (Å²) in [6, 6.07) is 11.0. The molecule has 0 spiro atoms. The maximum Gasteiger partial charge on any atom is 0.281 e. The second kappa shape index (κ2) is 9.61. The van der Waals surface area contributed by atoms with E-state index in [1.165, 1.54) is 10.9 Å². The minimum atomic E-state index is -0.368. The molecular formula is C26H22Cl3N7O. The van der Waals surface area contributed by atoms with Crippen LogP contribution in [0.5, 0.6) is 0 Å². The smallest absolute Gasteiger partial charge is 0.281 e. The van der Waals surface area contributed by atoms with Crippen molar-refractivity contribution in [2.75, 3.05) is 25.5 Å². The van der Waals surface area contributed by atoms with Gasteiger partial charge in [-0.1, -0.05) is 46.9 Å². The predicted molar refractivity (Wildman–Crippen MR) is 148 cm³/mol. The van der Waals surface area contributed by atoms with E-state index in [0.29, 0.717) is 38.8 Å². The number of para-hydroxylation sites is 1. The summed E-state index contributed by atoms with van der Waals surface area (Å²) in [5.41, 5.74) is 2.79. The molecule has 3 aromatic heterocycles. The number of nitrogens with one attached hydrogen (secondary N) is 1. The number of piperidine rings is 1. The lowest BCUT2D eigenvalue weighted by molar-refractivity contribution is 0.255. The number of halogens is 3. The molecule has 0 unspecified atom stereocenters. The van der Waals surface area contributed by atoms with Crippen molar-refractivity contribution in [2.45, 2.75) is 18.8 Å². The van der Waals surface area contributed by atoms with Gasteiger partial charge in [-0.05, 0) is 68.7 Å². The van der Waals surface area contributed by atoms with Crippen LogP contribution in [0.4, 0.5) is 11.6 Å². The molecule has 1 saturated heterocycles. The normalized spacial score (nSPS) is 15.0. The number of hydrogen-bond acceptors (Lipinski definition) is 6. The molecular weight excluding hydrogens is 533 g/mol. The molecule has 1 aliphatic heterocycles. The first-order valence-corrected chi connectivity index (χ1v) is 13.0. The first-order chi connectivity index (χ1) is 17.9. The van der Waals surface area contributed by atoms with E-state index >= 15 is 0 Å². The zero-order valence-corrected chi connectivity index (χ0v) is 22.1. The van der Waals surface area contributed by atoms with Gasteiger partial charge in [0.05, 0.1) is 15.4 Å². The number of benzene rings is 2. The van der Waals surface area contributed by atoms with E-state index in [1.54, 1.807) is 35.1 Å². The Morgan fingerprint density at radius 1 is 1.00 bits per heavy atom. The Kier molecular flexibility index (Phi) is 6.28. The van der Waals surface area contributed by atoms with Crippen molar-refractivity contribution in [3.63, 3.8) is 0 Å². The molecule has 37 heavy (non-hydrogen) atoms. The van der Waals surface area contributed by atoms with Gasteiger partial charge in [0.1, 0.15) is 11.2 Å². The molecule has 1 aliphatic rings. The highest BCUT2D eigenvalue weighted by Gasteiger charge is 2.21. The van der Waals surface area contributed by atoms with Crippen molar-refractivity contribution in [1.82, 2.24) is 29.0 Å². The van der Waals surface area contributed by atoms with Crippen LogP contribution in [0.3, 0.4) is 0 Å². The van der Waals surface area contributed by atoms with Gasteiger partial charge in [-0.2, -0.15) is 0 Å². The zero-order valence-electron chi connectivity index (χ0n) is 19.8. The van der Waals surface area contributed by atoms with E-state index in [9.17, 15) is 4.79 Å². The fourth-order valence-corrected chi connectivity index (χ4v) is 5.79. The molecule has 2 aromatic carbocycles. The second-order valence-electron chi connectivity index (χ2n) is 9.18. The van der Waals surface area contributed by atoms with Gasteiger partial charge in [-0.15, -0.1) is 0 Å². The summed E-state index contributed by atoms with van der Waals surface area (Å²) in [7, 11) is 2.15. The van der Waals surface area contributed by atoms with E-state index in [1.807, 2.05) is 12.1 Å². The summed E-state index contributed by atoms with van der Waals surface area (Å²) >= 11 is 19.5. The molecule has 4 heterocycles. The molecule has 0 aliphatic carbocycles. The molecule has 0 saturated carbocycles. The Morgan fingerprint density at radius 2 is 1.76 bits per heavy atom. The number of imidazole rings is 1. The molecule has 0 amide bonds. The molecule has 11 heteroatoms. The third kappa shape index (κ3) is 4.34. The van der Waals surface area contributed by atoms with Gasteiger partial charge in [-0.3, -0.25) is 4.79 Å². The van der Waals surface area contributed by atoms with Crippen molar-refractivity contribution >= 4 is 63.0 Å². The van der Waals surface area contributed by atoms with Gasteiger partial charge in [-0.25, -0.2) is 24.1 Å². The highest BCUT2D eigenvalue weighted by Crippen LogP contribution is 2.34. The van der Waals surface area contributed by atoms with Crippen LogP contribution in [0.1, 0.15) is 24.3 Å². The lowest BCUT2D eigenvalue weighted by Gasteiger charge is -2.29. The SMILES string of the molecule is CN1CCC(c2ccc(Nc3ncc4c(=O)n(-c5c(Cl)cccc5Cl)n5ccnc5c4n3)cc2Cl)CC1. The lowest BCUT2D eigenvalue weighted by Crippen LogP contribution is -2.29. The van der Waals surface area contributed by atoms with Crippen molar-refractivity contribution in [3.05, 3.63) is 86.0 Å². The zero-order chi connectivity index (χ0) is 25.7. The molecule has 0 radical (unpaired) electrons. The highest BCUT2D eigenvalue weighted by atomic mass is 35.5. The summed E-state index contributed by atoms with van der Waals surface area (Å²) in [5, 5.41) is 4.89. The molecule has 0 atom stereocenters. The van der Waals surface area contributed by atoms with Crippen LogP contribution in [0, 0.1) is 0 Å². The topological polar surface area (TPSA) is 80.4 Å². The largest absolute Gasteiger partial charge is 0.324 e. The first kappa shape index (κ1) is 24.2. The molecule has 6 rings (SSSR count). The summed E-state index contributed by atoms with van der Waals surface area (Å²) in [6.07, 6.45) is 6.91. The third-order valence-corrected chi connectivity index (χ3v) is 7.76. The van der Waals surface area contributed by atoms with E-state index in [-0.39, 0.29) is 10.9 Å². The standard InChI is InChI=1S/C26H22Cl3N7O/c1-34-10-7-15(8-11-34)17-6-5-16(13-21(17)29)32-26-31-14-18-22(33-26)24-30-9-12-35(24)36(25(18)37)23-19(27)3-2-4-20(23)28/h2-6,9,12-15H,7-8,10-11H2,1H3,(H,31,32,33).